The van der Waals surface area contributed by atoms with E-state index in [0.717, 1.165) is 25.0 Å². The van der Waals surface area contributed by atoms with Crippen LogP contribution in [0.15, 0.2) is 36.5 Å². The fourth-order valence-electron chi connectivity index (χ4n) is 2.45. The summed E-state index contributed by atoms with van der Waals surface area (Å²) in [5.41, 5.74) is 2.27. The van der Waals surface area contributed by atoms with Crippen molar-refractivity contribution >= 4 is 10.9 Å². The average Bonchev–Trinajstić information content (AvgIpc) is 2.46. The minimum atomic E-state index is 0.352. The van der Waals surface area contributed by atoms with Crippen molar-refractivity contribution < 1.29 is 4.74 Å². The van der Waals surface area contributed by atoms with E-state index in [4.69, 9.17) is 4.74 Å². The predicted octanol–water partition coefficient (Wildman–Crippen LogP) is 2.50. The number of rotatable bonds is 3. The maximum absolute atomic E-state index is 5.99. The third-order valence-corrected chi connectivity index (χ3v) is 3.47. The number of pyridine rings is 1. The molecule has 1 aliphatic rings. The van der Waals surface area contributed by atoms with Gasteiger partial charge in [0.1, 0.15) is 0 Å². The van der Waals surface area contributed by atoms with Gasteiger partial charge in [-0.2, -0.15) is 0 Å². The molecular formula is C15H18N2O. The van der Waals surface area contributed by atoms with Crippen LogP contribution in [0, 0.1) is 0 Å². The van der Waals surface area contributed by atoms with Gasteiger partial charge in [-0.25, -0.2) is 0 Å². The Balaban J connectivity index is 1.74. The fourth-order valence-corrected chi connectivity index (χ4v) is 2.45. The van der Waals surface area contributed by atoms with Crippen molar-refractivity contribution in [2.75, 3.05) is 13.1 Å². The molecule has 1 fully saturated rings. The summed E-state index contributed by atoms with van der Waals surface area (Å²) in [6.45, 7) is 2.77. The topological polar surface area (TPSA) is 34.1 Å². The summed E-state index contributed by atoms with van der Waals surface area (Å²) >= 11 is 0. The highest BCUT2D eigenvalue weighted by Gasteiger charge is 2.13. The van der Waals surface area contributed by atoms with E-state index >= 15 is 0 Å². The largest absolute Gasteiger partial charge is 0.372 e. The Hall–Kier alpha value is -1.45. The molecular weight excluding hydrogens is 224 g/mol. The second kappa shape index (κ2) is 5.46. The monoisotopic (exact) mass is 242 g/mol. The van der Waals surface area contributed by atoms with E-state index in [-0.39, 0.29) is 0 Å². The molecule has 3 nitrogen and oxygen atoms in total. The Bertz CT molecular complexity index is 515. The van der Waals surface area contributed by atoms with Crippen LogP contribution in [0.5, 0.6) is 0 Å². The van der Waals surface area contributed by atoms with Crippen LogP contribution < -0.4 is 5.32 Å². The van der Waals surface area contributed by atoms with Gasteiger partial charge in [-0.1, -0.05) is 18.2 Å². The van der Waals surface area contributed by atoms with Gasteiger partial charge in [-0.15, -0.1) is 0 Å². The molecule has 1 aliphatic heterocycles. The van der Waals surface area contributed by atoms with Crippen LogP contribution in [-0.4, -0.2) is 24.2 Å². The van der Waals surface area contributed by atoms with Crippen molar-refractivity contribution in [1.82, 2.24) is 10.3 Å². The summed E-state index contributed by atoms with van der Waals surface area (Å²) in [6.07, 6.45) is 4.59. The second-order valence-electron chi connectivity index (χ2n) is 4.77. The highest BCUT2D eigenvalue weighted by atomic mass is 16.5. The fraction of sp³-hybridized carbons (Fsp3) is 0.400. The molecule has 3 rings (SSSR count). The van der Waals surface area contributed by atoms with Crippen LogP contribution in [0.2, 0.25) is 0 Å². The third-order valence-electron chi connectivity index (χ3n) is 3.47. The highest BCUT2D eigenvalue weighted by Crippen LogP contribution is 2.18. The molecule has 0 radical (unpaired) electrons. The molecule has 1 N–H and O–H groups in total. The molecule has 1 atom stereocenters. The highest BCUT2D eigenvalue weighted by molar-refractivity contribution is 5.81. The first-order valence-corrected chi connectivity index (χ1v) is 6.58. The summed E-state index contributed by atoms with van der Waals surface area (Å²) < 4.78 is 5.99. The van der Waals surface area contributed by atoms with Crippen LogP contribution in [0.1, 0.15) is 18.4 Å². The molecule has 0 bridgehead atoms. The second-order valence-corrected chi connectivity index (χ2v) is 4.77. The molecule has 0 spiro atoms. The van der Waals surface area contributed by atoms with Crippen molar-refractivity contribution in [2.45, 2.75) is 25.6 Å². The third kappa shape index (κ3) is 2.52. The molecule has 0 saturated carbocycles. The average molecular weight is 242 g/mol. The van der Waals surface area contributed by atoms with Gasteiger partial charge in [0.25, 0.3) is 0 Å². The first-order valence-electron chi connectivity index (χ1n) is 6.58. The lowest BCUT2D eigenvalue weighted by Crippen LogP contribution is -2.35. The lowest BCUT2D eigenvalue weighted by molar-refractivity contribution is 0.0258. The predicted molar refractivity (Wildman–Crippen MR) is 72.4 cm³/mol. The lowest BCUT2D eigenvalue weighted by atomic mass is 10.1. The Kier molecular flexibility index (Phi) is 3.53. The molecule has 94 valence electrons. The van der Waals surface area contributed by atoms with Crippen LogP contribution in [0.3, 0.4) is 0 Å². The molecule has 0 aliphatic carbocycles. The van der Waals surface area contributed by atoms with Gasteiger partial charge < -0.3 is 10.1 Å². The Labute approximate surface area is 107 Å². The number of nitrogens with zero attached hydrogens (tertiary/aromatic N) is 1. The molecule has 2 aromatic rings. The number of hydrogen-bond donors (Lipinski definition) is 1. The van der Waals surface area contributed by atoms with Crippen LogP contribution in [-0.2, 0) is 11.3 Å². The van der Waals surface area contributed by atoms with Gasteiger partial charge in [-0.05, 0) is 37.1 Å². The van der Waals surface area contributed by atoms with E-state index in [1.807, 2.05) is 18.3 Å². The molecule has 0 amide bonds. The van der Waals surface area contributed by atoms with Crippen LogP contribution in [0.4, 0.5) is 0 Å². The van der Waals surface area contributed by atoms with Gasteiger partial charge in [0, 0.05) is 18.1 Å². The number of para-hydroxylation sites is 1. The van der Waals surface area contributed by atoms with Gasteiger partial charge in [0.2, 0.25) is 0 Å². The van der Waals surface area contributed by atoms with E-state index in [1.165, 1.54) is 17.4 Å². The maximum Gasteiger partial charge on any atom is 0.0728 e. The number of aromatic nitrogens is 1. The molecule has 1 aromatic carbocycles. The Morgan fingerprint density at radius 3 is 3.11 bits per heavy atom. The van der Waals surface area contributed by atoms with Crippen molar-refractivity contribution in [3.05, 3.63) is 42.1 Å². The van der Waals surface area contributed by atoms with Crippen LogP contribution in [0.25, 0.3) is 10.9 Å². The van der Waals surface area contributed by atoms with Crippen molar-refractivity contribution in [1.29, 1.82) is 0 Å². The first kappa shape index (κ1) is 11.6. The molecule has 1 unspecified atom stereocenters. The van der Waals surface area contributed by atoms with Crippen molar-refractivity contribution in [2.24, 2.45) is 0 Å². The molecule has 3 heteroatoms. The number of piperidine rings is 1. The normalized spacial score (nSPS) is 20.1. The minimum Gasteiger partial charge on any atom is -0.372 e. The molecule has 2 heterocycles. The maximum atomic E-state index is 5.99. The van der Waals surface area contributed by atoms with Gasteiger partial charge in [0.05, 0.1) is 18.2 Å². The summed E-state index contributed by atoms with van der Waals surface area (Å²) in [4.78, 5) is 4.37. The smallest absolute Gasteiger partial charge is 0.0728 e. The number of hydrogen-bond acceptors (Lipinski definition) is 3. The SMILES string of the molecule is c1ccc2c(COC3CCCNC3)ccnc2c1. The Morgan fingerprint density at radius 1 is 1.28 bits per heavy atom. The van der Waals surface area contributed by atoms with Crippen molar-refractivity contribution in [3.63, 3.8) is 0 Å². The van der Waals surface area contributed by atoms with E-state index in [2.05, 4.69) is 28.5 Å². The van der Waals surface area contributed by atoms with E-state index in [0.29, 0.717) is 12.7 Å². The van der Waals surface area contributed by atoms with E-state index in [9.17, 15) is 0 Å². The van der Waals surface area contributed by atoms with Gasteiger partial charge in [0.15, 0.2) is 0 Å². The quantitative estimate of drug-likeness (QED) is 0.898. The van der Waals surface area contributed by atoms with Gasteiger partial charge >= 0.3 is 0 Å². The molecule has 1 aromatic heterocycles. The number of fused-ring (bicyclic) bond motifs is 1. The standard InChI is InChI=1S/C15H18N2O/c1-2-6-15-14(5-1)12(7-9-17-15)11-18-13-4-3-8-16-10-13/h1-2,5-7,9,13,16H,3-4,8,10-11H2. The van der Waals surface area contributed by atoms with Gasteiger partial charge in [-0.3, -0.25) is 4.98 Å². The summed E-state index contributed by atoms with van der Waals surface area (Å²) in [6, 6.07) is 10.3. The lowest BCUT2D eigenvalue weighted by Gasteiger charge is -2.23. The Morgan fingerprint density at radius 2 is 2.22 bits per heavy atom. The van der Waals surface area contributed by atoms with E-state index < -0.39 is 0 Å². The van der Waals surface area contributed by atoms with E-state index in [1.54, 1.807) is 0 Å². The number of ether oxygens (including phenoxy) is 1. The zero-order valence-electron chi connectivity index (χ0n) is 10.4. The van der Waals surface area contributed by atoms with Crippen LogP contribution >= 0.6 is 0 Å². The first-order chi connectivity index (χ1) is 8.93. The molecule has 18 heavy (non-hydrogen) atoms. The summed E-state index contributed by atoms with van der Waals surface area (Å²) in [5.74, 6) is 0. The number of nitrogens with one attached hydrogen (secondary N) is 1. The zero-order valence-corrected chi connectivity index (χ0v) is 10.4. The minimum absolute atomic E-state index is 0.352. The van der Waals surface area contributed by atoms with Crippen molar-refractivity contribution in [3.8, 4) is 0 Å². The summed E-state index contributed by atoms with van der Waals surface area (Å²) in [7, 11) is 0. The molecule has 1 saturated heterocycles. The number of benzene rings is 1. The zero-order chi connectivity index (χ0) is 12.2. The summed E-state index contributed by atoms with van der Waals surface area (Å²) in [5, 5.41) is 4.57.